The summed E-state index contributed by atoms with van der Waals surface area (Å²) in [6, 6.07) is 11.7. The molecule has 3 nitrogen and oxygen atoms in total. The zero-order valence-electron chi connectivity index (χ0n) is 12.3. The van der Waals surface area contributed by atoms with Gasteiger partial charge in [0, 0.05) is 0 Å². The van der Waals surface area contributed by atoms with Gasteiger partial charge in [0.25, 0.3) is 5.91 Å². The lowest BCUT2D eigenvalue weighted by molar-refractivity contribution is 0.0935. The second-order valence-electron chi connectivity index (χ2n) is 4.96. The van der Waals surface area contributed by atoms with Crippen molar-refractivity contribution in [3.05, 3.63) is 65.0 Å². The molecule has 0 bridgehead atoms. The van der Waals surface area contributed by atoms with Crippen LogP contribution in [0.4, 0.5) is 4.39 Å². The Kier molecular flexibility index (Phi) is 4.58. The molecule has 2 aromatic carbocycles. The lowest BCUT2D eigenvalue weighted by Crippen LogP contribution is -2.27. The van der Waals surface area contributed by atoms with Crippen LogP contribution in [0.5, 0.6) is 5.75 Å². The van der Waals surface area contributed by atoms with Gasteiger partial charge in [0.2, 0.25) is 0 Å². The van der Waals surface area contributed by atoms with Gasteiger partial charge in [-0.15, -0.1) is 0 Å². The topological polar surface area (TPSA) is 38.3 Å². The molecule has 1 amide bonds. The van der Waals surface area contributed by atoms with Gasteiger partial charge in [-0.25, -0.2) is 4.39 Å². The van der Waals surface area contributed by atoms with Crippen molar-refractivity contribution in [1.29, 1.82) is 0 Å². The summed E-state index contributed by atoms with van der Waals surface area (Å²) in [4.78, 5) is 12.2. The van der Waals surface area contributed by atoms with E-state index in [1.165, 1.54) is 6.07 Å². The van der Waals surface area contributed by atoms with Crippen LogP contribution < -0.4 is 10.1 Å². The third-order valence-electron chi connectivity index (χ3n) is 3.31. The summed E-state index contributed by atoms with van der Waals surface area (Å²) >= 11 is 0. The molecule has 0 heterocycles. The summed E-state index contributed by atoms with van der Waals surface area (Å²) in [5.74, 6) is -0.224. The molecule has 0 saturated heterocycles. The van der Waals surface area contributed by atoms with E-state index < -0.39 is 11.7 Å². The monoisotopic (exact) mass is 287 g/mol. The van der Waals surface area contributed by atoms with Gasteiger partial charge in [-0.2, -0.15) is 0 Å². The highest BCUT2D eigenvalue weighted by Crippen LogP contribution is 2.19. The first kappa shape index (κ1) is 15.0. The van der Waals surface area contributed by atoms with Gasteiger partial charge in [0.15, 0.2) is 0 Å². The first-order valence-corrected chi connectivity index (χ1v) is 6.72. The first-order valence-electron chi connectivity index (χ1n) is 6.72. The molecule has 0 saturated carbocycles. The third-order valence-corrected chi connectivity index (χ3v) is 3.31. The molecule has 0 spiro atoms. The number of hydrogen-bond acceptors (Lipinski definition) is 2. The predicted molar refractivity (Wildman–Crippen MR) is 80.0 cm³/mol. The van der Waals surface area contributed by atoms with Crippen molar-refractivity contribution in [2.45, 2.75) is 19.9 Å². The zero-order chi connectivity index (χ0) is 15.4. The summed E-state index contributed by atoms with van der Waals surface area (Å²) in [6.07, 6.45) is 0. The Morgan fingerprint density at radius 3 is 2.71 bits per heavy atom. The average molecular weight is 287 g/mol. The maximum absolute atomic E-state index is 13.7. The second kappa shape index (κ2) is 6.39. The minimum atomic E-state index is -0.518. The first-order chi connectivity index (χ1) is 10.0. The van der Waals surface area contributed by atoms with E-state index in [2.05, 4.69) is 5.32 Å². The molecule has 1 atom stereocenters. The summed E-state index contributed by atoms with van der Waals surface area (Å²) < 4.78 is 18.9. The van der Waals surface area contributed by atoms with E-state index in [0.717, 1.165) is 16.9 Å². The molecular weight excluding hydrogens is 269 g/mol. The smallest absolute Gasteiger partial charge is 0.254 e. The fourth-order valence-electron chi connectivity index (χ4n) is 2.08. The van der Waals surface area contributed by atoms with Crippen molar-refractivity contribution in [3.8, 4) is 5.75 Å². The van der Waals surface area contributed by atoms with Gasteiger partial charge in [0.1, 0.15) is 11.6 Å². The fraction of sp³-hybridized carbons (Fsp3) is 0.235. The molecule has 0 aliphatic rings. The van der Waals surface area contributed by atoms with E-state index in [0.29, 0.717) is 0 Å². The van der Waals surface area contributed by atoms with E-state index in [9.17, 15) is 9.18 Å². The van der Waals surface area contributed by atoms with E-state index in [4.69, 9.17) is 4.74 Å². The Morgan fingerprint density at radius 1 is 1.24 bits per heavy atom. The highest BCUT2D eigenvalue weighted by Gasteiger charge is 2.15. The fourth-order valence-corrected chi connectivity index (χ4v) is 2.08. The Balaban J connectivity index is 2.16. The average Bonchev–Trinajstić information content (AvgIpc) is 2.49. The number of methoxy groups -OCH3 is 1. The van der Waals surface area contributed by atoms with Crippen LogP contribution in [0, 0.1) is 12.7 Å². The van der Waals surface area contributed by atoms with E-state index in [1.807, 2.05) is 38.1 Å². The van der Waals surface area contributed by atoms with Crippen LogP contribution in [0.25, 0.3) is 0 Å². The lowest BCUT2D eigenvalue weighted by Gasteiger charge is -2.15. The number of ether oxygens (including phenoxy) is 1. The van der Waals surface area contributed by atoms with E-state index >= 15 is 0 Å². The molecule has 2 aromatic rings. The molecule has 0 aliphatic heterocycles. The minimum Gasteiger partial charge on any atom is -0.497 e. The van der Waals surface area contributed by atoms with Crippen LogP contribution in [0.2, 0.25) is 0 Å². The number of nitrogens with one attached hydrogen (secondary N) is 1. The molecule has 1 N–H and O–H groups in total. The summed E-state index contributed by atoms with van der Waals surface area (Å²) in [7, 11) is 1.59. The van der Waals surface area contributed by atoms with Crippen LogP contribution in [-0.4, -0.2) is 13.0 Å². The predicted octanol–water partition coefficient (Wildman–Crippen LogP) is 3.63. The lowest BCUT2D eigenvalue weighted by atomic mass is 10.1. The number of halogens is 1. The van der Waals surface area contributed by atoms with Crippen molar-refractivity contribution < 1.29 is 13.9 Å². The molecule has 0 fully saturated rings. The maximum Gasteiger partial charge on any atom is 0.254 e. The highest BCUT2D eigenvalue weighted by atomic mass is 19.1. The number of benzene rings is 2. The van der Waals surface area contributed by atoms with Crippen molar-refractivity contribution in [1.82, 2.24) is 5.32 Å². The standard InChI is InChI=1S/C17H18FNO2/c1-11-7-8-16(18)15(9-11)17(20)19-12(2)13-5-4-6-14(10-13)21-3/h4-10,12H,1-3H3,(H,19,20). The second-order valence-corrected chi connectivity index (χ2v) is 4.96. The molecular formula is C17H18FNO2. The Morgan fingerprint density at radius 2 is 2.00 bits per heavy atom. The Bertz CT molecular complexity index is 655. The molecule has 2 rings (SSSR count). The number of carbonyl (C=O) groups excluding carboxylic acids is 1. The van der Waals surface area contributed by atoms with Gasteiger partial charge in [-0.3, -0.25) is 4.79 Å². The molecule has 0 aliphatic carbocycles. The van der Waals surface area contributed by atoms with E-state index in [-0.39, 0.29) is 11.6 Å². The summed E-state index contributed by atoms with van der Waals surface area (Å²) in [6.45, 7) is 3.67. The number of aryl methyl sites for hydroxylation is 1. The normalized spacial score (nSPS) is 11.8. The minimum absolute atomic E-state index is 0.0600. The highest BCUT2D eigenvalue weighted by molar-refractivity contribution is 5.94. The van der Waals surface area contributed by atoms with Crippen LogP contribution >= 0.6 is 0 Å². The number of amides is 1. The molecule has 110 valence electrons. The zero-order valence-corrected chi connectivity index (χ0v) is 12.3. The SMILES string of the molecule is COc1cccc(C(C)NC(=O)c2cc(C)ccc2F)c1. The van der Waals surface area contributed by atoms with Crippen LogP contribution in [-0.2, 0) is 0 Å². The van der Waals surface area contributed by atoms with Gasteiger partial charge >= 0.3 is 0 Å². The Hall–Kier alpha value is -2.36. The van der Waals surface area contributed by atoms with Gasteiger partial charge in [0.05, 0.1) is 18.7 Å². The van der Waals surface area contributed by atoms with Crippen molar-refractivity contribution >= 4 is 5.91 Å². The molecule has 4 heteroatoms. The number of rotatable bonds is 4. The van der Waals surface area contributed by atoms with Gasteiger partial charge in [-0.05, 0) is 43.7 Å². The van der Waals surface area contributed by atoms with Gasteiger partial charge in [-0.1, -0.05) is 23.8 Å². The van der Waals surface area contributed by atoms with E-state index in [1.54, 1.807) is 19.2 Å². The summed E-state index contributed by atoms with van der Waals surface area (Å²) in [5, 5.41) is 2.80. The van der Waals surface area contributed by atoms with Crippen molar-refractivity contribution in [3.63, 3.8) is 0 Å². The van der Waals surface area contributed by atoms with Crippen molar-refractivity contribution in [2.75, 3.05) is 7.11 Å². The Labute approximate surface area is 123 Å². The van der Waals surface area contributed by atoms with Crippen LogP contribution in [0.3, 0.4) is 0 Å². The quantitative estimate of drug-likeness (QED) is 0.932. The van der Waals surface area contributed by atoms with Gasteiger partial charge < -0.3 is 10.1 Å². The maximum atomic E-state index is 13.7. The largest absolute Gasteiger partial charge is 0.497 e. The van der Waals surface area contributed by atoms with Crippen molar-refractivity contribution in [2.24, 2.45) is 0 Å². The number of carbonyl (C=O) groups is 1. The molecule has 1 unspecified atom stereocenters. The van der Waals surface area contributed by atoms with Crippen LogP contribution in [0.15, 0.2) is 42.5 Å². The molecule has 0 radical (unpaired) electrons. The molecule has 21 heavy (non-hydrogen) atoms. The summed E-state index contributed by atoms with van der Waals surface area (Å²) in [5.41, 5.74) is 1.80. The third kappa shape index (κ3) is 3.60. The van der Waals surface area contributed by atoms with Crippen LogP contribution in [0.1, 0.15) is 34.5 Å². The number of hydrogen-bond donors (Lipinski definition) is 1. The molecule has 0 aromatic heterocycles.